The topological polar surface area (TPSA) is 21.7 Å². The second kappa shape index (κ2) is 13.6. The summed E-state index contributed by atoms with van der Waals surface area (Å²) in [5.41, 5.74) is 18.9. The monoisotopic (exact) mass is 829 g/mol. The number of anilines is 3. The Morgan fingerprint density at radius 1 is 0.246 bits per heavy atom. The van der Waals surface area contributed by atoms with Crippen molar-refractivity contribution in [2.45, 2.75) is 10.8 Å². The van der Waals surface area contributed by atoms with Crippen LogP contribution in [-0.2, 0) is 10.8 Å². The predicted octanol–water partition coefficient (Wildman–Crippen LogP) is 15.8. The van der Waals surface area contributed by atoms with E-state index in [2.05, 4.69) is 241 Å². The normalized spacial score (nSPS) is 14.3. The van der Waals surface area contributed by atoms with Crippen LogP contribution in [0.2, 0.25) is 0 Å². The molecule has 10 aromatic carbocycles. The van der Waals surface area contributed by atoms with Gasteiger partial charge >= 0.3 is 0 Å². The maximum Gasteiger partial charge on any atom is 0.134 e. The Morgan fingerprint density at radius 3 is 1.17 bits per heavy atom. The SMILES string of the molecule is c1ccc(-c2ccc(N(c3ccc4c(c3)Oc3ccccc3C43c4ccccc4-c4ccccc43)c3ccc4c(c3)C3(c5ccccc5Oc5ccccc53)c3ccccc3-4)cc2)cc1. The molecule has 4 aliphatic rings. The highest BCUT2D eigenvalue weighted by atomic mass is 16.5. The molecule has 3 nitrogen and oxygen atoms in total. The van der Waals surface area contributed by atoms with Crippen LogP contribution >= 0.6 is 0 Å². The molecule has 14 rings (SSSR count). The Hall–Kier alpha value is -8.40. The predicted molar refractivity (Wildman–Crippen MR) is 261 cm³/mol. The van der Waals surface area contributed by atoms with Crippen LogP contribution < -0.4 is 14.4 Å². The van der Waals surface area contributed by atoms with Crippen molar-refractivity contribution in [3.63, 3.8) is 0 Å². The zero-order chi connectivity index (χ0) is 42.7. The van der Waals surface area contributed by atoms with Crippen LogP contribution in [0.4, 0.5) is 17.1 Å². The molecule has 0 saturated heterocycles. The summed E-state index contributed by atoms with van der Waals surface area (Å²) in [6.45, 7) is 0. The van der Waals surface area contributed by atoms with E-state index in [9.17, 15) is 0 Å². The third kappa shape index (κ3) is 4.84. The van der Waals surface area contributed by atoms with Gasteiger partial charge in [0.1, 0.15) is 23.0 Å². The highest BCUT2D eigenvalue weighted by molar-refractivity contribution is 5.93. The summed E-state index contributed by atoms with van der Waals surface area (Å²) in [6.07, 6.45) is 0. The molecule has 65 heavy (non-hydrogen) atoms. The maximum atomic E-state index is 7.08. The molecule has 304 valence electrons. The molecule has 2 aliphatic carbocycles. The number of para-hydroxylation sites is 3. The second-order valence-electron chi connectivity index (χ2n) is 17.5. The van der Waals surface area contributed by atoms with Gasteiger partial charge in [-0.3, -0.25) is 0 Å². The molecule has 3 heteroatoms. The van der Waals surface area contributed by atoms with Crippen molar-refractivity contribution < 1.29 is 9.47 Å². The number of fused-ring (bicyclic) bond motifs is 18. The smallest absolute Gasteiger partial charge is 0.134 e. The van der Waals surface area contributed by atoms with Gasteiger partial charge in [0.15, 0.2) is 0 Å². The number of hydrogen-bond acceptors (Lipinski definition) is 3. The minimum absolute atomic E-state index is 0.548. The van der Waals surface area contributed by atoms with Crippen molar-refractivity contribution in [2.75, 3.05) is 4.90 Å². The van der Waals surface area contributed by atoms with Crippen LogP contribution in [-0.4, -0.2) is 0 Å². The van der Waals surface area contributed by atoms with Gasteiger partial charge < -0.3 is 14.4 Å². The molecule has 0 radical (unpaired) electrons. The first-order chi connectivity index (χ1) is 32.2. The standard InChI is InChI=1S/C62H39NO2/c1-2-16-40(17-3-1)41-30-32-42(33-31-41)63(43-34-36-48-47-20-6-9-23-51(47)62(56(48)38-43)53-25-11-13-27-57(53)64-58-28-14-12-26-54(58)62)44-35-37-55-60(39-44)65-59-29-15-10-24-52(59)61(55)49-21-7-4-18-45(49)46-19-5-8-22-50(46)61/h1-39H. The van der Waals surface area contributed by atoms with Gasteiger partial charge in [0.25, 0.3) is 0 Å². The fourth-order valence-electron chi connectivity index (χ4n) is 11.9. The third-order valence-corrected chi connectivity index (χ3v) is 14.4. The molecule has 0 amide bonds. The molecule has 2 spiro atoms. The van der Waals surface area contributed by atoms with Gasteiger partial charge in [-0.15, -0.1) is 0 Å². The van der Waals surface area contributed by atoms with E-state index in [1.807, 2.05) is 0 Å². The summed E-state index contributed by atoms with van der Waals surface area (Å²) in [7, 11) is 0. The minimum atomic E-state index is -0.603. The molecule has 10 aromatic rings. The van der Waals surface area contributed by atoms with Crippen LogP contribution in [0.25, 0.3) is 33.4 Å². The van der Waals surface area contributed by atoms with Gasteiger partial charge in [-0.05, 0) is 104 Å². The summed E-state index contributed by atoms with van der Waals surface area (Å²) in [5.74, 6) is 3.47. The van der Waals surface area contributed by atoms with Crippen molar-refractivity contribution >= 4 is 17.1 Å². The molecular weight excluding hydrogens is 791 g/mol. The van der Waals surface area contributed by atoms with Crippen LogP contribution in [0.5, 0.6) is 23.0 Å². The summed E-state index contributed by atoms with van der Waals surface area (Å²) < 4.78 is 13.8. The van der Waals surface area contributed by atoms with Crippen LogP contribution in [0.1, 0.15) is 44.5 Å². The zero-order valence-electron chi connectivity index (χ0n) is 35.3. The van der Waals surface area contributed by atoms with E-state index < -0.39 is 10.8 Å². The molecule has 0 bridgehead atoms. The number of nitrogens with zero attached hydrogens (tertiary/aromatic N) is 1. The van der Waals surface area contributed by atoms with E-state index in [4.69, 9.17) is 9.47 Å². The van der Waals surface area contributed by atoms with E-state index in [0.29, 0.717) is 0 Å². The van der Waals surface area contributed by atoms with Gasteiger partial charge in [-0.25, -0.2) is 0 Å². The maximum absolute atomic E-state index is 7.08. The van der Waals surface area contributed by atoms with E-state index in [-0.39, 0.29) is 0 Å². The molecule has 0 fully saturated rings. The number of hydrogen-bond donors (Lipinski definition) is 0. The Bertz CT molecular complexity index is 3480. The van der Waals surface area contributed by atoms with E-state index in [1.54, 1.807) is 0 Å². The Labute approximate surface area is 378 Å². The molecule has 0 saturated carbocycles. The lowest BCUT2D eigenvalue weighted by Gasteiger charge is -2.40. The average molecular weight is 830 g/mol. The highest BCUT2D eigenvalue weighted by Gasteiger charge is 2.53. The van der Waals surface area contributed by atoms with Gasteiger partial charge in [0.05, 0.1) is 10.8 Å². The number of benzene rings is 10. The minimum Gasteiger partial charge on any atom is -0.457 e. The van der Waals surface area contributed by atoms with Gasteiger partial charge in [0.2, 0.25) is 0 Å². The fraction of sp³-hybridized carbons (Fsp3) is 0.0323. The molecular formula is C62H39NO2. The van der Waals surface area contributed by atoms with Crippen molar-refractivity contribution in [1.29, 1.82) is 0 Å². The van der Waals surface area contributed by atoms with Gasteiger partial charge in [-0.1, -0.05) is 182 Å². The van der Waals surface area contributed by atoms with Crippen LogP contribution in [0.3, 0.4) is 0 Å². The zero-order valence-corrected chi connectivity index (χ0v) is 35.3. The Morgan fingerprint density at radius 2 is 0.615 bits per heavy atom. The van der Waals surface area contributed by atoms with Crippen LogP contribution in [0, 0.1) is 0 Å². The summed E-state index contributed by atoms with van der Waals surface area (Å²) in [4.78, 5) is 2.40. The highest BCUT2D eigenvalue weighted by Crippen LogP contribution is 2.64. The molecule has 2 heterocycles. The molecule has 2 aliphatic heterocycles. The first-order valence-electron chi connectivity index (χ1n) is 22.4. The first-order valence-corrected chi connectivity index (χ1v) is 22.4. The van der Waals surface area contributed by atoms with Crippen molar-refractivity contribution in [3.05, 3.63) is 281 Å². The molecule has 0 aromatic heterocycles. The van der Waals surface area contributed by atoms with Gasteiger partial charge in [0, 0.05) is 45.4 Å². The average Bonchev–Trinajstić information content (AvgIpc) is 3.83. The summed E-state index contributed by atoms with van der Waals surface area (Å²) in [6, 6.07) is 85.9. The lowest BCUT2D eigenvalue weighted by Crippen LogP contribution is -2.32. The van der Waals surface area contributed by atoms with Gasteiger partial charge in [-0.2, -0.15) is 0 Å². The summed E-state index contributed by atoms with van der Waals surface area (Å²) >= 11 is 0. The van der Waals surface area contributed by atoms with E-state index in [1.165, 1.54) is 55.6 Å². The van der Waals surface area contributed by atoms with E-state index in [0.717, 1.165) is 62.3 Å². The Balaban J connectivity index is 1.01. The van der Waals surface area contributed by atoms with E-state index >= 15 is 0 Å². The second-order valence-corrected chi connectivity index (χ2v) is 17.5. The quantitative estimate of drug-likeness (QED) is 0.176. The lowest BCUT2D eigenvalue weighted by atomic mass is 9.66. The van der Waals surface area contributed by atoms with Crippen molar-refractivity contribution in [1.82, 2.24) is 0 Å². The largest absolute Gasteiger partial charge is 0.457 e. The number of rotatable bonds is 4. The lowest BCUT2D eigenvalue weighted by molar-refractivity contribution is 0.436. The molecule has 0 atom stereocenters. The van der Waals surface area contributed by atoms with Crippen molar-refractivity contribution in [2.24, 2.45) is 0 Å². The first kappa shape index (κ1) is 36.1. The summed E-state index contributed by atoms with van der Waals surface area (Å²) in [5, 5.41) is 0. The van der Waals surface area contributed by atoms with Crippen molar-refractivity contribution in [3.8, 4) is 56.4 Å². The van der Waals surface area contributed by atoms with Crippen LogP contribution in [0.15, 0.2) is 237 Å². The Kier molecular flexibility index (Phi) is 7.53. The third-order valence-electron chi connectivity index (χ3n) is 14.4. The number of ether oxygens (including phenoxy) is 2. The molecule has 0 unspecified atom stereocenters. The molecule has 0 N–H and O–H groups in total. The fourth-order valence-corrected chi connectivity index (χ4v) is 11.9.